The van der Waals surface area contributed by atoms with Crippen molar-refractivity contribution in [1.82, 2.24) is 0 Å². The maximum absolute atomic E-state index is 10.3. The average Bonchev–Trinajstić information content (AvgIpc) is 1.97. The SMILES string of the molecule is CCCC(CCC=O)[N+](=O)[O-]. The van der Waals surface area contributed by atoms with Crippen LogP contribution in [0.1, 0.15) is 32.6 Å². The van der Waals surface area contributed by atoms with Gasteiger partial charge in [-0.05, 0) is 6.42 Å². The van der Waals surface area contributed by atoms with Crippen molar-refractivity contribution in [3.8, 4) is 0 Å². The van der Waals surface area contributed by atoms with Gasteiger partial charge in [-0.3, -0.25) is 10.1 Å². The highest BCUT2D eigenvalue weighted by molar-refractivity contribution is 5.49. The Balaban J connectivity index is 3.68. The van der Waals surface area contributed by atoms with Crippen molar-refractivity contribution in [1.29, 1.82) is 0 Å². The third kappa shape index (κ3) is 4.47. The lowest BCUT2D eigenvalue weighted by atomic mass is 10.1. The minimum absolute atomic E-state index is 0.297. The number of carbonyl (C=O) groups excluding carboxylic acids is 1. The Morgan fingerprint density at radius 3 is 2.55 bits per heavy atom. The van der Waals surface area contributed by atoms with Crippen LogP contribution in [0.4, 0.5) is 0 Å². The first kappa shape index (κ1) is 10.1. The van der Waals surface area contributed by atoms with Gasteiger partial charge >= 0.3 is 0 Å². The standard InChI is InChI=1S/C7H13NO3/c1-2-4-7(8(10)11)5-3-6-9/h6-7H,2-5H2,1H3. The molecule has 4 heteroatoms. The van der Waals surface area contributed by atoms with Crippen LogP contribution in [0.5, 0.6) is 0 Å². The van der Waals surface area contributed by atoms with Crippen molar-refractivity contribution in [3.05, 3.63) is 10.1 Å². The Bertz CT molecular complexity index is 136. The van der Waals surface area contributed by atoms with Crippen LogP contribution in [0.2, 0.25) is 0 Å². The fourth-order valence-electron chi connectivity index (χ4n) is 0.949. The molecular weight excluding hydrogens is 146 g/mol. The number of nitrogens with zero attached hydrogens (tertiary/aromatic N) is 1. The van der Waals surface area contributed by atoms with Crippen molar-refractivity contribution in [2.75, 3.05) is 0 Å². The average molecular weight is 159 g/mol. The Labute approximate surface area is 65.7 Å². The molecule has 0 fully saturated rings. The van der Waals surface area contributed by atoms with Crippen LogP contribution in [0, 0.1) is 10.1 Å². The van der Waals surface area contributed by atoms with E-state index in [1.165, 1.54) is 0 Å². The van der Waals surface area contributed by atoms with Crippen LogP contribution in [0.3, 0.4) is 0 Å². The summed E-state index contributed by atoms with van der Waals surface area (Å²) >= 11 is 0. The lowest BCUT2D eigenvalue weighted by Crippen LogP contribution is -2.18. The largest absolute Gasteiger partial charge is 0.303 e. The van der Waals surface area contributed by atoms with E-state index in [-0.39, 0.29) is 4.92 Å². The lowest BCUT2D eigenvalue weighted by molar-refractivity contribution is -0.524. The van der Waals surface area contributed by atoms with E-state index < -0.39 is 6.04 Å². The van der Waals surface area contributed by atoms with Crippen molar-refractivity contribution in [2.24, 2.45) is 0 Å². The number of nitro groups is 1. The van der Waals surface area contributed by atoms with E-state index in [1.54, 1.807) is 0 Å². The van der Waals surface area contributed by atoms with E-state index in [0.717, 1.165) is 12.7 Å². The molecule has 0 aromatic heterocycles. The molecule has 0 heterocycles. The molecule has 0 amide bonds. The second-order valence-electron chi connectivity index (χ2n) is 2.47. The summed E-state index contributed by atoms with van der Waals surface area (Å²) in [7, 11) is 0. The van der Waals surface area contributed by atoms with Gasteiger partial charge in [0.15, 0.2) is 0 Å². The molecule has 0 spiro atoms. The van der Waals surface area contributed by atoms with Crippen LogP contribution in [0.15, 0.2) is 0 Å². The first-order valence-electron chi connectivity index (χ1n) is 3.79. The zero-order valence-corrected chi connectivity index (χ0v) is 6.66. The molecule has 11 heavy (non-hydrogen) atoms. The van der Waals surface area contributed by atoms with E-state index in [0.29, 0.717) is 19.3 Å². The highest BCUT2D eigenvalue weighted by Crippen LogP contribution is 2.06. The van der Waals surface area contributed by atoms with E-state index in [9.17, 15) is 14.9 Å². The summed E-state index contributed by atoms with van der Waals surface area (Å²) in [5, 5.41) is 10.3. The van der Waals surface area contributed by atoms with Gasteiger partial charge in [-0.2, -0.15) is 0 Å². The summed E-state index contributed by atoms with van der Waals surface area (Å²) in [4.78, 5) is 19.9. The normalized spacial score (nSPS) is 12.5. The highest BCUT2D eigenvalue weighted by atomic mass is 16.6. The Morgan fingerprint density at radius 2 is 2.18 bits per heavy atom. The number of hydrogen-bond donors (Lipinski definition) is 0. The fourth-order valence-corrected chi connectivity index (χ4v) is 0.949. The van der Waals surface area contributed by atoms with Gasteiger partial charge in [-0.15, -0.1) is 0 Å². The van der Waals surface area contributed by atoms with Crippen LogP contribution in [-0.4, -0.2) is 17.3 Å². The molecule has 0 aromatic carbocycles. The minimum atomic E-state index is -0.523. The molecule has 0 aromatic rings. The van der Waals surface area contributed by atoms with Crippen molar-refractivity contribution in [3.63, 3.8) is 0 Å². The first-order valence-corrected chi connectivity index (χ1v) is 3.79. The van der Waals surface area contributed by atoms with E-state index in [1.807, 2.05) is 6.92 Å². The van der Waals surface area contributed by atoms with Gasteiger partial charge in [0.2, 0.25) is 6.04 Å². The number of aldehydes is 1. The topological polar surface area (TPSA) is 60.2 Å². The zero-order valence-electron chi connectivity index (χ0n) is 6.66. The van der Waals surface area contributed by atoms with Gasteiger partial charge in [0.05, 0.1) is 0 Å². The van der Waals surface area contributed by atoms with Gasteiger partial charge in [-0.25, -0.2) is 0 Å². The summed E-state index contributed by atoms with van der Waals surface area (Å²) in [6.07, 6.45) is 2.77. The molecular formula is C7H13NO3. The van der Waals surface area contributed by atoms with Crippen LogP contribution in [0.25, 0.3) is 0 Å². The number of rotatable bonds is 6. The predicted molar refractivity (Wildman–Crippen MR) is 41.0 cm³/mol. The molecule has 0 aliphatic rings. The molecule has 0 aliphatic carbocycles. The third-order valence-electron chi connectivity index (χ3n) is 1.54. The molecule has 64 valence electrons. The summed E-state index contributed by atoms with van der Waals surface area (Å²) < 4.78 is 0. The van der Waals surface area contributed by atoms with Crippen LogP contribution < -0.4 is 0 Å². The van der Waals surface area contributed by atoms with Crippen molar-refractivity contribution in [2.45, 2.75) is 38.6 Å². The predicted octanol–water partition coefficient (Wildman–Crippen LogP) is 1.41. The molecule has 0 saturated carbocycles. The Morgan fingerprint density at radius 1 is 1.55 bits per heavy atom. The van der Waals surface area contributed by atoms with E-state index in [4.69, 9.17) is 0 Å². The van der Waals surface area contributed by atoms with E-state index >= 15 is 0 Å². The van der Waals surface area contributed by atoms with Crippen molar-refractivity contribution >= 4 is 6.29 Å². The second-order valence-corrected chi connectivity index (χ2v) is 2.47. The highest BCUT2D eigenvalue weighted by Gasteiger charge is 2.17. The maximum Gasteiger partial charge on any atom is 0.213 e. The Hall–Kier alpha value is -0.930. The summed E-state index contributed by atoms with van der Waals surface area (Å²) in [6, 6.07) is -0.523. The third-order valence-corrected chi connectivity index (χ3v) is 1.54. The van der Waals surface area contributed by atoms with Gasteiger partial charge in [0.25, 0.3) is 0 Å². The molecule has 1 unspecified atom stereocenters. The van der Waals surface area contributed by atoms with Gasteiger partial charge in [0.1, 0.15) is 6.29 Å². The Kier molecular flexibility index (Phi) is 5.33. The second kappa shape index (κ2) is 5.82. The number of hydrogen-bond acceptors (Lipinski definition) is 3. The monoisotopic (exact) mass is 159 g/mol. The van der Waals surface area contributed by atoms with Gasteiger partial charge < -0.3 is 4.79 Å². The van der Waals surface area contributed by atoms with Crippen molar-refractivity contribution < 1.29 is 9.72 Å². The lowest BCUT2D eigenvalue weighted by Gasteiger charge is -2.04. The van der Waals surface area contributed by atoms with Gasteiger partial charge in [-0.1, -0.05) is 6.92 Å². The molecule has 1 atom stereocenters. The molecule has 0 aliphatic heterocycles. The smallest absolute Gasteiger partial charge is 0.213 e. The minimum Gasteiger partial charge on any atom is -0.303 e. The van der Waals surface area contributed by atoms with Crippen LogP contribution in [-0.2, 0) is 4.79 Å². The van der Waals surface area contributed by atoms with E-state index in [2.05, 4.69) is 0 Å². The first-order chi connectivity index (χ1) is 5.22. The summed E-state index contributed by atoms with van der Waals surface area (Å²) in [5.74, 6) is 0. The molecule has 0 saturated heterocycles. The summed E-state index contributed by atoms with van der Waals surface area (Å²) in [5.41, 5.74) is 0. The van der Waals surface area contributed by atoms with Crippen LogP contribution >= 0.6 is 0 Å². The fraction of sp³-hybridized carbons (Fsp3) is 0.857. The quantitative estimate of drug-likeness (QED) is 0.334. The molecule has 4 nitrogen and oxygen atoms in total. The summed E-state index contributed by atoms with van der Waals surface area (Å²) in [6.45, 7) is 1.90. The molecule has 0 radical (unpaired) electrons. The van der Waals surface area contributed by atoms with Gasteiger partial charge in [0, 0.05) is 24.2 Å². The molecule has 0 N–H and O–H groups in total. The maximum atomic E-state index is 10.3. The molecule has 0 rings (SSSR count). The zero-order chi connectivity index (χ0) is 8.69. The molecule has 0 bridgehead atoms. The number of carbonyl (C=O) groups is 1.